The predicted octanol–water partition coefficient (Wildman–Crippen LogP) is 13.8. The van der Waals surface area contributed by atoms with E-state index in [1.807, 2.05) is 11.3 Å². The molecule has 0 saturated heterocycles. The van der Waals surface area contributed by atoms with Gasteiger partial charge < -0.3 is 4.57 Å². The molecule has 0 radical (unpaired) electrons. The molecule has 0 spiro atoms. The second-order valence-electron chi connectivity index (χ2n) is 13.0. The number of hydrogen-bond donors (Lipinski definition) is 0. The molecule has 0 unspecified atom stereocenters. The fourth-order valence-electron chi connectivity index (χ4n) is 7.49. The number of nitrogens with zero attached hydrogens (tertiary/aromatic N) is 1. The van der Waals surface area contributed by atoms with Crippen LogP contribution in [0.1, 0.15) is 0 Å². The van der Waals surface area contributed by atoms with E-state index in [4.69, 9.17) is 0 Å². The maximum atomic E-state index is 2.41. The first-order valence-electron chi connectivity index (χ1n) is 17.1. The zero-order valence-electron chi connectivity index (χ0n) is 27.3. The van der Waals surface area contributed by atoms with Crippen molar-refractivity contribution in [3.05, 3.63) is 188 Å². The van der Waals surface area contributed by atoms with Crippen molar-refractivity contribution in [2.45, 2.75) is 0 Å². The third-order valence-corrected chi connectivity index (χ3v) is 11.2. The van der Waals surface area contributed by atoms with Gasteiger partial charge in [-0.05, 0) is 99.1 Å². The van der Waals surface area contributed by atoms with Crippen LogP contribution < -0.4 is 0 Å². The van der Waals surface area contributed by atoms with Crippen molar-refractivity contribution in [1.29, 1.82) is 0 Å². The molecule has 0 aliphatic heterocycles. The Morgan fingerprint density at radius 3 is 1.26 bits per heavy atom. The quantitative estimate of drug-likeness (QED) is 0.174. The van der Waals surface area contributed by atoms with Gasteiger partial charge in [0.05, 0.1) is 11.0 Å². The molecule has 2 aromatic heterocycles. The van der Waals surface area contributed by atoms with Crippen LogP contribution in [0.2, 0.25) is 0 Å². The van der Waals surface area contributed by atoms with Gasteiger partial charge in [0, 0.05) is 36.6 Å². The molecule has 234 valence electrons. The highest BCUT2D eigenvalue weighted by molar-refractivity contribution is 7.25. The number of benzene rings is 8. The summed E-state index contributed by atoms with van der Waals surface area (Å²) in [6, 6.07) is 68.7. The first-order valence-corrected chi connectivity index (χ1v) is 17.9. The Morgan fingerprint density at radius 1 is 0.280 bits per heavy atom. The zero-order valence-corrected chi connectivity index (χ0v) is 28.1. The second-order valence-corrected chi connectivity index (χ2v) is 14.0. The normalized spacial score (nSPS) is 11.6. The molecule has 10 aromatic rings. The lowest BCUT2D eigenvalue weighted by Gasteiger charge is -2.11. The van der Waals surface area contributed by atoms with E-state index in [9.17, 15) is 0 Å². The van der Waals surface area contributed by atoms with Gasteiger partial charge >= 0.3 is 0 Å². The van der Waals surface area contributed by atoms with E-state index in [0.29, 0.717) is 0 Å². The summed E-state index contributed by atoms with van der Waals surface area (Å²) in [6.45, 7) is 0. The molecule has 0 aliphatic carbocycles. The second kappa shape index (κ2) is 11.7. The van der Waals surface area contributed by atoms with Crippen LogP contribution in [0.4, 0.5) is 0 Å². The lowest BCUT2D eigenvalue weighted by Crippen LogP contribution is -1.94. The van der Waals surface area contributed by atoms with Crippen molar-refractivity contribution in [2.75, 3.05) is 0 Å². The Kier molecular flexibility index (Phi) is 6.75. The largest absolute Gasteiger partial charge is 0.309 e. The summed E-state index contributed by atoms with van der Waals surface area (Å²) in [4.78, 5) is 0. The summed E-state index contributed by atoms with van der Waals surface area (Å²) in [5.74, 6) is 0. The van der Waals surface area contributed by atoms with Crippen LogP contribution in [-0.4, -0.2) is 4.57 Å². The summed E-state index contributed by atoms with van der Waals surface area (Å²) in [5, 5.41) is 5.18. The van der Waals surface area contributed by atoms with Crippen molar-refractivity contribution in [1.82, 2.24) is 4.57 Å². The molecule has 0 amide bonds. The molecule has 1 nitrogen and oxygen atoms in total. The lowest BCUT2D eigenvalue weighted by atomic mass is 9.99. The van der Waals surface area contributed by atoms with Gasteiger partial charge in [0.15, 0.2) is 0 Å². The molecule has 0 bridgehead atoms. The monoisotopic (exact) mass is 653 g/mol. The lowest BCUT2D eigenvalue weighted by molar-refractivity contribution is 1.18. The van der Waals surface area contributed by atoms with Gasteiger partial charge in [0.2, 0.25) is 0 Å². The van der Waals surface area contributed by atoms with E-state index < -0.39 is 0 Å². The highest BCUT2D eigenvalue weighted by Crippen LogP contribution is 2.39. The minimum absolute atomic E-state index is 1.15. The Morgan fingerprint density at radius 2 is 0.680 bits per heavy atom. The molecule has 8 aromatic carbocycles. The first-order chi connectivity index (χ1) is 24.8. The Hall–Kier alpha value is -6.22. The summed E-state index contributed by atoms with van der Waals surface area (Å²) in [6.07, 6.45) is 0. The number of rotatable bonds is 5. The Balaban J connectivity index is 1.03. The summed E-state index contributed by atoms with van der Waals surface area (Å²) in [5.41, 5.74) is 13.4. The molecule has 0 N–H and O–H groups in total. The number of aromatic nitrogens is 1. The van der Waals surface area contributed by atoms with Gasteiger partial charge in [-0.25, -0.2) is 0 Å². The molecule has 50 heavy (non-hydrogen) atoms. The zero-order chi connectivity index (χ0) is 33.0. The van der Waals surface area contributed by atoms with Crippen LogP contribution in [0.15, 0.2) is 188 Å². The molecule has 2 heterocycles. The summed E-state index contributed by atoms with van der Waals surface area (Å²) in [7, 11) is 0. The van der Waals surface area contributed by atoms with Crippen LogP contribution in [0.5, 0.6) is 0 Å². The third-order valence-electron chi connectivity index (χ3n) is 10.0. The third kappa shape index (κ3) is 4.84. The Bertz CT molecular complexity index is 2730. The van der Waals surface area contributed by atoms with E-state index in [-0.39, 0.29) is 0 Å². The molecule has 0 aliphatic rings. The topological polar surface area (TPSA) is 4.93 Å². The van der Waals surface area contributed by atoms with Gasteiger partial charge in [-0.1, -0.05) is 133 Å². The van der Waals surface area contributed by atoms with E-state index in [2.05, 4.69) is 193 Å². The van der Waals surface area contributed by atoms with Crippen LogP contribution in [0.25, 0.3) is 92.2 Å². The number of hydrogen-bond acceptors (Lipinski definition) is 1. The van der Waals surface area contributed by atoms with Gasteiger partial charge in [-0.3, -0.25) is 0 Å². The fraction of sp³-hybridized carbons (Fsp3) is 0. The summed E-state index contributed by atoms with van der Waals surface area (Å²) < 4.78 is 5.09. The van der Waals surface area contributed by atoms with Gasteiger partial charge in [-0.2, -0.15) is 0 Å². The van der Waals surface area contributed by atoms with Crippen molar-refractivity contribution in [3.63, 3.8) is 0 Å². The van der Waals surface area contributed by atoms with Crippen molar-refractivity contribution >= 4 is 53.3 Å². The van der Waals surface area contributed by atoms with Gasteiger partial charge in [0.25, 0.3) is 0 Å². The minimum Gasteiger partial charge on any atom is -0.309 e. The maximum absolute atomic E-state index is 2.41. The van der Waals surface area contributed by atoms with Crippen molar-refractivity contribution in [3.8, 4) is 50.2 Å². The van der Waals surface area contributed by atoms with Crippen LogP contribution >= 0.6 is 11.3 Å². The highest BCUT2D eigenvalue weighted by atomic mass is 32.1. The first kappa shape index (κ1) is 28.8. The van der Waals surface area contributed by atoms with Crippen LogP contribution in [-0.2, 0) is 0 Å². The SMILES string of the molecule is c1ccc(-c2ccc3c(c2)c2cc(-c4ccccc4)ccc2n3-c2ccc(-c3ccc(-c4ccc5sc6ccccc6c5c4)cc3)cc2)cc1. The number of thiophene rings is 1. The molecule has 10 rings (SSSR count). The van der Waals surface area contributed by atoms with Crippen LogP contribution in [0.3, 0.4) is 0 Å². The Labute approximate surface area is 295 Å². The molecule has 0 fully saturated rings. The standard InChI is InChI=1S/C48H31NS/c1-3-9-32(10-4-1)37-21-26-45-42(29-37)43-30-38(33-11-5-2-6-12-33)22-27-46(43)49(45)40-24-19-35(20-25-40)34-15-17-36(18-16-34)39-23-28-48-44(31-39)41-13-7-8-14-47(41)50-48/h1-31H. The predicted molar refractivity (Wildman–Crippen MR) is 215 cm³/mol. The average Bonchev–Trinajstić information content (AvgIpc) is 3.73. The minimum atomic E-state index is 1.15. The molecule has 0 saturated carbocycles. The van der Waals surface area contributed by atoms with Gasteiger partial charge in [0.1, 0.15) is 0 Å². The smallest absolute Gasteiger partial charge is 0.0541 e. The highest BCUT2D eigenvalue weighted by Gasteiger charge is 2.15. The van der Waals surface area contributed by atoms with E-state index >= 15 is 0 Å². The molecule has 0 atom stereocenters. The average molecular weight is 654 g/mol. The molecule has 2 heteroatoms. The van der Waals surface area contributed by atoms with E-state index in [1.165, 1.54) is 86.5 Å². The van der Waals surface area contributed by atoms with Crippen molar-refractivity contribution < 1.29 is 0 Å². The fourth-order valence-corrected chi connectivity index (χ4v) is 8.57. The summed E-state index contributed by atoms with van der Waals surface area (Å²) >= 11 is 1.86. The van der Waals surface area contributed by atoms with Crippen molar-refractivity contribution in [2.24, 2.45) is 0 Å². The number of fused-ring (bicyclic) bond motifs is 6. The van der Waals surface area contributed by atoms with Crippen LogP contribution in [0, 0.1) is 0 Å². The van der Waals surface area contributed by atoms with Gasteiger partial charge in [-0.15, -0.1) is 11.3 Å². The van der Waals surface area contributed by atoms with E-state index in [1.54, 1.807) is 0 Å². The van der Waals surface area contributed by atoms with E-state index in [0.717, 1.165) is 5.69 Å². The maximum Gasteiger partial charge on any atom is 0.0541 e. The molecular weight excluding hydrogens is 623 g/mol. The molecular formula is C48H31NS.